The second kappa shape index (κ2) is 6.21. The molecule has 0 aliphatic heterocycles. The van der Waals surface area contributed by atoms with Crippen LogP contribution in [0.1, 0.15) is 67.3 Å². The van der Waals surface area contributed by atoms with Crippen molar-refractivity contribution in [1.82, 2.24) is 5.32 Å². The molecule has 1 nitrogen and oxygen atoms in total. The molecule has 1 saturated carbocycles. The summed E-state index contributed by atoms with van der Waals surface area (Å²) in [6, 6.07) is 3.50. The quantitative estimate of drug-likeness (QED) is 0.809. The van der Waals surface area contributed by atoms with Gasteiger partial charge in [-0.1, -0.05) is 19.3 Å². The molecule has 2 rings (SSSR count). The minimum atomic E-state index is 0.492. The summed E-state index contributed by atoms with van der Waals surface area (Å²) in [5, 5.41) is 3.83. The van der Waals surface area contributed by atoms with Crippen LogP contribution in [0.5, 0.6) is 0 Å². The number of thiophene rings is 1. The molecule has 2 heteroatoms. The van der Waals surface area contributed by atoms with E-state index in [4.69, 9.17) is 0 Å². The lowest BCUT2D eigenvalue weighted by Crippen LogP contribution is -2.36. The summed E-state index contributed by atoms with van der Waals surface area (Å²) in [6.45, 7) is 9.14. The van der Waals surface area contributed by atoms with E-state index in [0.29, 0.717) is 12.1 Å². The molecule has 0 saturated heterocycles. The molecule has 1 heterocycles. The number of hydrogen-bond donors (Lipinski definition) is 1. The third kappa shape index (κ3) is 3.36. The van der Waals surface area contributed by atoms with Crippen LogP contribution >= 0.6 is 11.3 Å². The standard InChI is InChI=1S/C16H27NS/c1-11-10-16(14(4)18-11)13(3)17-12(2)15-8-6-5-7-9-15/h10,12-13,15,17H,5-9H2,1-4H3/t12-,13?/m1/s1. The van der Waals surface area contributed by atoms with Gasteiger partial charge in [0.2, 0.25) is 0 Å². The lowest BCUT2D eigenvalue weighted by Gasteiger charge is -2.30. The van der Waals surface area contributed by atoms with Crippen LogP contribution in [-0.2, 0) is 0 Å². The monoisotopic (exact) mass is 265 g/mol. The largest absolute Gasteiger partial charge is 0.307 e. The Morgan fingerprint density at radius 3 is 2.39 bits per heavy atom. The molecule has 1 fully saturated rings. The van der Waals surface area contributed by atoms with Crippen molar-refractivity contribution in [3.63, 3.8) is 0 Å². The highest BCUT2D eigenvalue weighted by atomic mass is 32.1. The zero-order chi connectivity index (χ0) is 13.1. The molecule has 1 aromatic rings. The Labute approximate surface area is 116 Å². The number of aryl methyl sites for hydroxylation is 2. The molecule has 102 valence electrons. The van der Waals surface area contributed by atoms with Crippen LogP contribution in [0.25, 0.3) is 0 Å². The van der Waals surface area contributed by atoms with Crippen LogP contribution < -0.4 is 5.32 Å². The van der Waals surface area contributed by atoms with Crippen molar-refractivity contribution in [3.8, 4) is 0 Å². The van der Waals surface area contributed by atoms with Crippen molar-refractivity contribution in [2.45, 2.75) is 71.9 Å². The van der Waals surface area contributed by atoms with Crippen LogP contribution in [0.2, 0.25) is 0 Å². The fourth-order valence-corrected chi connectivity index (χ4v) is 4.36. The highest BCUT2D eigenvalue weighted by molar-refractivity contribution is 7.12. The lowest BCUT2D eigenvalue weighted by molar-refractivity contribution is 0.268. The van der Waals surface area contributed by atoms with Gasteiger partial charge in [-0.3, -0.25) is 0 Å². The molecule has 2 atom stereocenters. The minimum absolute atomic E-state index is 0.492. The van der Waals surface area contributed by atoms with Crippen LogP contribution in [0, 0.1) is 19.8 Å². The van der Waals surface area contributed by atoms with Crippen molar-refractivity contribution in [2.75, 3.05) is 0 Å². The summed E-state index contributed by atoms with van der Waals surface area (Å²) >= 11 is 1.92. The van der Waals surface area contributed by atoms with Gasteiger partial charge in [0.1, 0.15) is 0 Å². The molecule has 0 bridgehead atoms. The van der Waals surface area contributed by atoms with Crippen molar-refractivity contribution < 1.29 is 0 Å². The van der Waals surface area contributed by atoms with Crippen LogP contribution in [0.4, 0.5) is 0 Å². The molecule has 0 radical (unpaired) electrons. The van der Waals surface area contributed by atoms with Crippen molar-refractivity contribution in [2.24, 2.45) is 5.92 Å². The third-order valence-electron chi connectivity index (χ3n) is 4.42. The molecule has 0 aromatic carbocycles. The molecular weight excluding hydrogens is 238 g/mol. The smallest absolute Gasteiger partial charge is 0.0305 e. The molecule has 0 amide bonds. The topological polar surface area (TPSA) is 12.0 Å². The van der Waals surface area contributed by atoms with Gasteiger partial charge in [0.25, 0.3) is 0 Å². The van der Waals surface area contributed by atoms with E-state index in [0.717, 1.165) is 5.92 Å². The average Bonchev–Trinajstić information content (AvgIpc) is 2.69. The Balaban J connectivity index is 1.93. The Morgan fingerprint density at radius 1 is 1.17 bits per heavy atom. The van der Waals surface area contributed by atoms with Gasteiger partial charge in [-0.25, -0.2) is 0 Å². The summed E-state index contributed by atoms with van der Waals surface area (Å²) in [6.07, 6.45) is 7.15. The Kier molecular flexibility index (Phi) is 4.85. The molecular formula is C16H27NS. The van der Waals surface area contributed by atoms with Crippen LogP contribution in [0.15, 0.2) is 6.07 Å². The maximum Gasteiger partial charge on any atom is 0.0305 e. The Bertz CT molecular complexity index is 376. The minimum Gasteiger partial charge on any atom is -0.307 e. The van der Waals surface area contributed by atoms with Crippen molar-refractivity contribution >= 4 is 11.3 Å². The summed E-state index contributed by atoms with van der Waals surface area (Å²) in [5.41, 5.74) is 1.50. The maximum absolute atomic E-state index is 3.83. The van der Waals surface area contributed by atoms with Gasteiger partial charge in [-0.05, 0) is 58.1 Å². The van der Waals surface area contributed by atoms with E-state index in [1.807, 2.05) is 11.3 Å². The SMILES string of the molecule is Cc1cc(C(C)N[C@H](C)C2CCCCC2)c(C)s1. The van der Waals surface area contributed by atoms with Gasteiger partial charge in [0, 0.05) is 21.8 Å². The molecule has 18 heavy (non-hydrogen) atoms. The molecule has 1 aromatic heterocycles. The van der Waals surface area contributed by atoms with Gasteiger partial charge in [0.05, 0.1) is 0 Å². The predicted molar refractivity (Wildman–Crippen MR) is 81.4 cm³/mol. The maximum atomic E-state index is 3.83. The van der Waals surface area contributed by atoms with E-state index in [2.05, 4.69) is 39.1 Å². The first-order valence-electron chi connectivity index (χ1n) is 7.41. The summed E-state index contributed by atoms with van der Waals surface area (Å²) in [5.74, 6) is 0.890. The summed E-state index contributed by atoms with van der Waals surface area (Å²) < 4.78 is 0. The van der Waals surface area contributed by atoms with Gasteiger partial charge in [-0.2, -0.15) is 0 Å². The van der Waals surface area contributed by atoms with Crippen molar-refractivity contribution in [1.29, 1.82) is 0 Å². The van der Waals surface area contributed by atoms with Crippen LogP contribution in [-0.4, -0.2) is 6.04 Å². The summed E-state index contributed by atoms with van der Waals surface area (Å²) in [4.78, 5) is 2.91. The van der Waals surface area contributed by atoms with E-state index in [-0.39, 0.29) is 0 Å². The first kappa shape index (κ1) is 14.1. The molecule has 1 aliphatic carbocycles. The fourth-order valence-electron chi connectivity index (χ4n) is 3.33. The van der Waals surface area contributed by atoms with Gasteiger partial charge < -0.3 is 5.32 Å². The van der Waals surface area contributed by atoms with E-state index < -0.39 is 0 Å². The second-order valence-corrected chi connectivity index (χ2v) is 7.40. The highest BCUT2D eigenvalue weighted by Gasteiger charge is 2.22. The molecule has 1 N–H and O–H groups in total. The van der Waals surface area contributed by atoms with Crippen LogP contribution in [0.3, 0.4) is 0 Å². The second-order valence-electron chi connectivity index (χ2n) is 5.94. The fraction of sp³-hybridized carbons (Fsp3) is 0.750. The molecule has 1 aliphatic rings. The van der Waals surface area contributed by atoms with Gasteiger partial charge in [0.15, 0.2) is 0 Å². The molecule has 0 spiro atoms. The van der Waals surface area contributed by atoms with E-state index in [1.54, 1.807) is 0 Å². The number of rotatable bonds is 4. The highest BCUT2D eigenvalue weighted by Crippen LogP contribution is 2.30. The van der Waals surface area contributed by atoms with Gasteiger partial charge >= 0.3 is 0 Å². The molecule has 1 unspecified atom stereocenters. The van der Waals surface area contributed by atoms with E-state index in [9.17, 15) is 0 Å². The number of hydrogen-bond acceptors (Lipinski definition) is 2. The normalized spacial score (nSPS) is 20.9. The average molecular weight is 265 g/mol. The van der Waals surface area contributed by atoms with Gasteiger partial charge in [-0.15, -0.1) is 11.3 Å². The lowest BCUT2D eigenvalue weighted by atomic mass is 9.84. The van der Waals surface area contributed by atoms with E-state index in [1.165, 1.54) is 47.4 Å². The van der Waals surface area contributed by atoms with E-state index >= 15 is 0 Å². The first-order chi connectivity index (χ1) is 8.58. The predicted octanol–water partition coefficient (Wildman–Crippen LogP) is 4.98. The number of nitrogens with one attached hydrogen (secondary N) is 1. The zero-order valence-corrected chi connectivity index (χ0v) is 13.1. The first-order valence-corrected chi connectivity index (χ1v) is 8.22. The zero-order valence-electron chi connectivity index (χ0n) is 12.3. The Morgan fingerprint density at radius 2 is 1.83 bits per heavy atom. The summed E-state index contributed by atoms with van der Waals surface area (Å²) in [7, 11) is 0. The third-order valence-corrected chi connectivity index (χ3v) is 5.40. The Hall–Kier alpha value is -0.340. The van der Waals surface area contributed by atoms with Crippen molar-refractivity contribution in [3.05, 3.63) is 21.4 Å².